The standard InChI is InChI=1S/C15H11N3O2/c19-14-11-3-1-2-4-13(11)17-9-12(14)15(20)18-10-5-7-16-8-6-10/h1-9H,(H,17,19)(H,16,18,20). The molecule has 0 saturated heterocycles. The Morgan fingerprint density at radius 2 is 1.85 bits per heavy atom. The Balaban J connectivity index is 2.00. The highest BCUT2D eigenvalue weighted by Crippen LogP contribution is 2.09. The average Bonchev–Trinajstić information content (AvgIpc) is 2.49. The topological polar surface area (TPSA) is 74.8 Å². The molecule has 2 aromatic heterocycles. The van der Waals surface area contributed by atoms with Crippen molar-refractivity contribution in [2.45, 2.75) is 0 Å². The van der Waals surface area contributed by atoms with Gasteiger partial charge in [-0.15, -0.1) is 0 Å². The fourth-order valence-corrected chi connectivity index (χ4v) is 1.97. The first-order valence-electron chi connectivity index (χ1n) is 6.07. The van der Waals surface area contributed by atoms with Gasteiger partial charge >= 0.3 is 0 Å². The molecule has 0 radical (unpaired) electrons. The maximum Gasteiger partial charge on any atom is 0.261 e. The van der Waals surface area contributed by atoms with E-state index in [4.69, 9.17) is 0 Å². The molecule has 2 heterocycles. The lowest BCUT2D eigenvalue weighted by atomic mass is 10.1. The van der Waals surface area contributed by atoms with Crippen LogP contribution < -0.4 is 10.7 Å². The Hall–Kier alpha value is -2.95. The molecule has 2 N–H and O–H groups in total. The lowest BCUT2D eigenvalue weighted by Gasteiger charge is -2.05. The van der Waals surface area contributed by atoms with E-state index in [1.807, 2.05) is 6.07 Å². The van der Waals surface area contributed by atoms with Gasteiger partial charge < -0.3 is 10.3 Å². The van der Waals surface area contributed by atoms with Crippen LogP contribution in [0, 0.1) is 0 Å². The molecule has 0 bridgehead atoms. The summed E-state index contributed by atoms with van der Waals surface area (Å²) in [6.45, 7) is 0. The number of benzene rings is 1. The number of nitrogens with one attached hydrogen (secondary N) is 2. The number of H-pyrrole nitrogens is 1. The van der Waals surface area contributed by atoms with E-state index in [-0.39, 0.29) is 11.0 Å². The lowest BCUT2D eigenvalue weighted by molar-refractivity contribution is 0.102. The van der Waals surface area contributed by atoms with E-state index in [9.17, 15) is 9.59 Å². The minimum atomic E-state index is -0.441. The van der Waals surface area contributed by atoms with Crippen LogP contribution in [0.5, 0.6) is 0 Å². The number of hydrogen-bond donors (Lipinski definition) is 2. The molecule has 5 nitrogen and oxygen atoms in total. The molecule has 0 spiro atoms. The first kappa shape index (κ1) is 12.1. The number of carbonyl (C=O) groups is 1. The van der Waals surface area contributed by atoms with Crippen LogP contribution in [-0.4, -0.2) is 15.9 Å². The monoisotopic (exact) mass is 265 g/mol. The number of fused-ring (bicyclic) bond motifs is 1. The molecular formula is C15H11N3O2. The van der Waals surface area contributed by atoms with E-state index in [2.05, 4.69) is 15.3 Å². The van der Waals surface area contributed by atoms with Gasteiger partial charge in [-0.2, -0.15) is 0 Å². The van der Waals surface area contributed by atoms with Gasteiger partial charge in [-0.1, -0.05) is 12.1 Å². The van der Waals surface area contributed by atoms with E-state index in [1.165, 1.54) is 6.20 Å². The summed E-state index contributed by atoms with van der Waals surface area (Å²) < 4.78 is 0. The largest absolute Gasteiger partial charge is 0.360 e. The van der Waals surface area contributed by atoms with Crippen LogP contribution in [-0.2, 0) is 0 Å². The van der Waals surface area contributed by atoms with Gasteiger partial charge in [0, 0.05) is 35.2 Å². The molecule has 20 heavy (non-hydrogen) atoms. The van der Waals surface area contributed by atoms with E-state index in [0.717, 1.165) is 0 Å². The van der Waals surface area contributed by atoms with Crippen LogP contribution in [0.15, 0.2) is 59.8 Å². The zero-order chi connectivity index (χ0) is 13.9. The predicted octanol–water partition coefficient (Wildman–Crippen LogP) is 2.18. The lowest BCUT2D eigenvalue weighted by Crippen LogP contribution is -2.21. The number of hydrogen-bond acceptors (Lipinski definition) is 3. The molecule has 0 saturated carbocycles. The second-order valence-corrected chi connectivity index (χ2v) is 4.27. The molecule has 0 unspecified atom stereocenters. The van der Waals surface area contributed by atoms with E-state index < -0.39 is 5.91 Å². The van der Waals surface area contributed by atoms with Crippen LogP contribution in [0.4, 0.5) is 5.69 Å². The Morgan fingerprint density at radius 3 is 2.65 bits per heavy atom. The maximum absolute atomic E-state index is 12.3. The van der Waals surface area contributed by atoms with Crippen molar-refractivity contribution in [1.29, 1.82) is 0 Å². The number of amides is 1. The summed E-state index contributed by atoms with van der Waals surface area (Å²) in [7, 11) is 0. The molecule has 3 aromatic rings. The van der Waals surface area contributed by atoms with Crippen LogP contribution >= 0.6 is 0 Å². The molecule has 98 valence electrons. The number of aromatic amines is 1. The summed E-state index contributed by atoms with van der Waals surface area (Å²) >= 11 is 0. The third kappa shape index (κ3) is 2.16. The van der Waals surface area contributed by atoms with Gasteiger partial charge in [-0.3, -0.25) is 14.6 Å². The maximum atomic E-state index is 12.3. The van der Waals surface area contributed by atoms with Gasteiger partial charge in [-0.05, 0) is 24.3 Å². The van der Waals surface area contributed by atoms with Crippen molar-refractivity contribution >= 4 is 22.5 Å². The molecule has 0 aliphatic heterocycles. The van der Waals surface area contributed by atoms with Gasteiger partial charge in [0.15, 0.2) is 0 Å². The summed E-state index contributed by atoms with van der Waals surface area (Å²) in [5.74, 6) is -0.441. The molecule has 0 fully saturated rings. The number of carbonyl (C=O) groups excluding carboxylic acids is 1. The van der Waals surface area contributed by atoms with Gasteiger partial charge in [0.05, 0.1) is 0 Å². The highest BCUT2D eigenvalue weighted by Gasteiger charge is 2.12. The molecule has 3 rings (SSSR count). The molecule has 1 amide bonds. The fourth-order valence-electron chi connectivity index (χ4n) is 1.97. The SMILES string of the molecule is O=C(Nc1ccncc1)c1c[nH]c2ccccc2c1=O. The summed E-state index contributed by atoms with van der Waals surface area (Å²) in [5.41, 5.74) is 1.10. The number of pyridine rings is 2. The van der Waals surface area contributed by atoms with Crippen molar-refractivity contribution in [3.63, 3.8) is 0 Å². The Bertz CT molecular complexity index is 825. The summed E-state index contributed by atoms with van der Waals surface area (Å²) in [6.07, 6.45) is 4.57. The molecule has 0 atom stereocenters. The minimum Gasteiger partial charge on any atom is -0.360 e. The minimum absolute atomic E-state index is 0.0838. The molecule has 0 aliphatic carbocycles. The number of nitrogens with zero attached hydrogens (tertiary/aromatic N) is 1. The molecule has 5 heteroatoms. The van der Waals surface area contributed by atoms with Gasteiger partial charge in [0.2, 0.25) is 5.43 Å². The van der Waals surface area contributed by atoms with Crippen LogP contribution in [0.25, 0.3) is 10.9 Å². The smallest absolute Gasteiger partial charge is 0.261 e. The molecule has 1 aromatic carbocycles. The van der Waals surface area contributed by atoms with Gasteiger partial charge in [0.25, 0.3) is 5.91 Å². The normalized spacial score (nSPS) is 10.4. The first-order valence-corrected chi connectivity index (χ1v) is 6.07. The van der Waals surface area contributed by atoms with Gasteiger partial charge in [-0.25, -0.2) is 0 Å². The Labute approximate surface area is 114 Å². The van der Waals surface area contributed by atoms with Gasteiger partial charge in [0.1, 0.15) is 5.56 Å². The fraction of sp³-hybridized carbons (Fsp3) is 0. The van der Waals surface area contributed by atoms with E-state index in [1.54, 1.807) is 42.7 Å². The molecular weight excluding hydrogens is 254 g/mol. The van der Waals surface area contributed by atoms with Crippen molar-refractivity contribution < 1.29 is 4.79 Å². The summed E-state index contributed by atoms with van der Waals surface area (Å²) in [6, 6.07) is 10.4. The quantitative estimate of drug-likeness (QED) is 0.745. The summed E-state index contributed by atoms with van der Waals surface area (Å²) in [4.78, 5) is 31.2. The number of para-hydroxylation sites is 1. The average molecular weight is 265 g/mol. The zero-order valence-electron chi connectivity index (χ0n) is 10.5. The van der Waals surface area contributed by atoms with Crippen molar-refractivity contribution in [2.75, 3.05) is 5.32 Å². The number of aromatic nitrogens is 2. The van der Waals surface area contributed by atoms with Crippen LogP contribution in [0.2, 0.25) is 0 Å². The van der Waals surface area contributed by atoms with Crippen molar-refractivity contribution in [3.8, 4) is 0 Å². The Kier molecular flexibility index (Phi) is 3.01. The number of rotatable bonds is 2. The van der Waals surface area contributed by atoms with Crippen LogP contribution in [0.1, 0.15) is 10.4 Å². The summed E-state index contributed by atoms with van der Waals surface area (Å²) in [5, 5.41) is 3.16. The third-order valence-corrected chi connectivity index (χ3v) is 2.97. The highest BCUT2D eigenvalue weighted by atomic mass is 16.2. The third-order valence-electron chi connectivity index (χ3n) is 2.97. The van der Waals surface area contributed by atoms with E-state index >= 15 is 0 Å². The number of anilines is 1. The zero-order valence-corrected chi connectivity index (χ0v) is 10.5. The predicted molar refractivity (Wildman–Crippen MR) is 76.8 cm³/mol. The molecule has 0 aliphatic rings. The first-order chi connectivity index (χ1) is 9.75. The van der Waals surface area contributed by atoms with Crippen molar-refractivity contribution in [3.05, 3.63) is 70.8 Å². The van der Waals surface area contributed by atoms with E-state index in [0.29, 0.717) is 16.6 Å². The van der Waals surface area contributed by atoms with Crippen LogP contribution in [0.3, 0.4) is 0 Å². The highest BCUT2D eigenvalue weighted by molar-refractivity contribution is 6.05. The second-order valence-electron chi connectivity index (χ2n) is 4.27. The van der Waals surface area contributed by atoms with Crippen molar-refractivity contribution in [2.24, 2.45) is 0 Å². The Morgan fingerprint density at radius 1 is 1.10 bits per heavy atom. The second kappa shape index (κ2) is 4.97. The van der Waals surface area contributed by atoms with Crippen molar-refractivity contribution in [1.82, 2.24) is 9.97 Å².